The number of nitrogens with two attached hydrogens (primary N) is 1. The second-order valence-electron chi connectivity index (χ2n) is 5.81. The summed E-state index contributed by atoms with van der Waals surface area (Å²) >= 11 is 0. The molecule has 1 aromatic rings. The topological polar surface area (TPSA) is 94.0 Å². The van der Waals surface area contributed by atoms with E-state index < -0.39 is 0 Å². The molecule has 1 aliphatic carbocycles. The van der Waals surface area contributed by atoms with Crippen molar-refractivity contribution in [2.45, 2.75) is 64.3 Å². The van der Waals surface area contributed by atoms with Crippen LogP contribution < -0.4 is 11.1 Å². The molecule has 0 aromatic carbocycles. The molecule has 1 heterocycles. The average molecular weight is 294 g/mol. The molecule has 2 rings (SSSR count). The van der Waals surface area contributed by atoms with Crippen LogP contribution in [0.1, 0.15) is 57.2 Å². The van der Waals surface area contributed by atoms with Gasteiger partial charge in [-0.15, -0.1) is 0 Å². The number of hydrogen-bond acceptors (Lipinski definition) is 5. The summed E-state index contributed by atoms with van der Waals surface area (Å²) in [6, 6.07) is 0.266. The van der Waals surface area contributed by atoms with Crippen molar-refractivity contribution in [1.29, 1.82) is 0 Å². The van der Waals surface area contributed by atoms with E-state index in [-0.39, 0.29) is 11.9 Å². The maximum atomic E-state index is 11.9. The summed E-state index contributed by atoms with van der Waals surface area (Å²) in [4.78, 5) is 16.2. The van der Waals surface area contributed by atoms with E-state index in [0.29, 0.717) is 31.2 Å². The lowest BCUT2D eigenvalue weighted by molar-refractivity contribution is -0.122. The highest BCUT2D eigenvalue weighted by Gasteiger charge is 2.27. The van der Waals surface area contributed by atoms with Gasteiger partial charge in [0.15, 0.2) is 5.82 Å². The maximum Gasteiger partial charge on any atom is 0.226 e. The summed E-state index contributed by atoms with van der Waals surface area (Å²) in [6.45, 7) is 2.74. The lowest BCUT2D eigenvalue weighted by Gasteiger charge is -2.19. The third-order valence-corrected chi connectivity index (χ3v) is 4.09. The average Bonchev–Trinajstić information content (AvgIpc) is 3.08. The Kier molecular flexibility index (Phi) is 6.17. The van der Waals surface area contributed by atoms with Crippen molar-refractivity contribution < 1.29 is 9.32 Å². The van der Waals surface area contributed by atoms with Gasteiger partial charge in [-0.1, -0.05) is 18.5 Å². The summed E-state index contributed by atoms with van der Waals surface area (Å²) in [7, 11) is 0. The van der Waals surface area contributed by atoms with Crippen molar-refractivity contribution in [3.05, 3.63) is 11.7 Å². The quantitative estimate of drug-likeness (QED) is 0.759. The van der Waals surface area contributed by atoms with Crippen molar-refractivity contribution in [3.8, 4) is 0 Å². The molecule has 1 amide bonds. The van der Waals surface area contributed by atoms with Crippen molar-refractivity contribution in [3.63, 3.8) is 0 Å². The van der Waals surface area contributed by atoms with E-state index in [4.69, 9.17) is 10.3 Å². The van der Waals surface area contributed by atoms with Gasteiger partial charge < -0.3 is 15.6 Å². The second-order valence-corrected chi connectivity index (χ2v) is 5.81. The highest BCUT2D eigenvalue weighted by Crippen LogP contribution is 2.24. The Labute approximate surface area is 125 Å². The van der Waals surface area contributed by atoms with Gasteiger partial charge in [-0.2, -0.15) is 4.98 Å². The van der Waals surface area contributed by atoms with Crippen LogP contribution in [0.2, 0.25) is 0 Å². The Morgan fingerprint density at radius 2 is 2.29 bits per heavy atom. The first kappa shape index (κ1) is 15.9. The maximum absolute atomic E-state index is 11.9. The normalized spacial score (nSPS) is 21.6. The van der Waals surface area contributed by atoms with E-state index in [1.807, 2.05) is 0 Å². The zero-order valence-electron chi connectivity index (χ0n) is 12.8. The van der Waals surface area contributed by atoms with Gasteiger partial charge in [0.05, 0.1) is 0 Å². The predicted octanol–water partition coefficient (Wildman–Crippen LogP) is 1.59. The molecule has 21 heavy (non-hydrogen) atoms. The van der Waals surface area contributed by atoms with Crippen LogP contribution in [0.3, 0.4) is 0 Å². The lowest BCUT2D eigenvalue weighted by atomic mass is 10.0. The summed E-state index contributed by atoms with van der Waals surface area (Å²) in [5.74, 6) is 1.94. The highest BCUT2D eigenvalue weighted by molar-refractivity contribution is 5.76. The van der Waals surface area contributed by atoms with E-state index >= 15 is 0 Å². The van der Waals surface area contributed by atoms with Crippen molar-refractivity contribution in [2.75, 3.05) is 6.54 Å². The smallest absolute Gasteiger partial charge is 0.226 e. The SMILES string of the molecule is CCCc1noc(CCCC(=O)NC2CCCC2CN)n1. The first-order valence-corrected chi connectivity index (χ1v) is 8.03. The zero-order chi connectivity index (χ0) is 15.1. The third kappa shape index (κ3) is 4.81. The number of amides is 1. The predicted molar refractivity (Wildman–Crippen MR) is 79.6 cm³/mol. The number of aryl methyl sites for hydroxylation is 2. The number of hydrogen-bond donors (Lipinski definition) is 2. The van der Waals surface area contributed by atoms with Gasteiger partial charge in [-0.25, -0.2) is 0 Å². The monoisotopic (exact) mass is 294 g/mol. The van der Waals surface area contributed by atoms with E-state index in [2.05, 4.69) is 22.4 Å². The fourth-order valence-electron chi connectivity index (χ4n) is 2.90. The molecular weight excluding hydrogens is 268 g/mol. The number of nitrogens with one attached hydrogen (secondary N) is 1. The second kappa shape index (κ2) is 8.12. The molecule has 2 unspecified atom stereocenters. The fraction of sp³-hybridized carbons (Fsp3) is 0.800. The minimum Gasteiger partial charge on any atom is -0.353 e. The van der Waals surface area contributed by atoms with Crippen LogP contribution in [0.4, 0.5) is 0 Å². The molecule has 118 valence electrons. The van der Waals surface area contributed by atoms with Gasteiger partial charge in [0.1, 0.15) is 0 Å². The fourth-order valence-corrected chi connectivity index (χ4v) is 2.90. The van der Waals surface area contributed by atoms with Gasteiger partial charge >= 0.3 is 0 Å². The molecule has 0 radical (unpaired) electrons. The van der Waals surface area contributed by atoms with Crippen molar-refractivity contribution in [1.82, 2.24) is 15.5 Å². The van der Waals surface area contributed by atoms with E-state index in [1.165, 1.54) is 0 Å². The Balaban J connectivity index is 1.66. The Bertz CT molecular complexity index is 447. The molecule has 1 aliphatic rings. The highest BCUT2D eigenvalue weighted by atomic mass is 16.5. The number of carbonyl (C=O) groups is 1. The molecule has 6 nitrogen and oxygen atoms in total. The summed E-state index contributed by atoms with van der Waals surface area (Å²) < 4.78 is 5.16. The minimum atomic E-state index is 0.105. The van der Waals surface area contributed by atoms with Crippen LogP contribution in [-0.2, 0) is 17.6 Å². The molecule has 1 saturated carbocycles. The van der Waals surface area contributed by atoms with Gasteiger partial charge in [-0.3, -0.25) is 4.79 Å². The molecule has 1 fully saturated rings. The van der Waals surface area contributed by atoms with Crippen LogP contribution in [-0.4, -0.2) is 28.6 Å². The number of aromatic nitrogens is 2. The standard InChI is InChI=1S/C15H26N4O2/c1-2-5-13-18-15(21-19-13)9-4-8-14(20)17-12-7-3-6-11(12)10-16/h11-12H,2-10,16H2,1H3,(H,17,20). The van der Waals surface area contributed by atoms with Crippen molar-refractivity contribution >= 4 is 5.91 Å². The van der Waals surface area contributed by atoms with Gasteiger partial charge in [-0.05, 0) is 38.1 Å². The van der Waals surface area contributed by atoms with Crippen LogP contribution in [0.5, 0.6) is 0 Å². The van der Waals surface area contributed by atoms with Crippen LogP contribution in [0.25, 0.3) is 0 Å². The number of nitrogens with zero attached hydrogens (tertiary/aromatic N) is 2. The Morgan fingerprint density at radius 3 is 3.05 bits per heavy atom. The first-order chi connectivity index (χ1) is 10.2. The minimum absolute atomic E-state index is 0.105. The number of carbonyl (C=O) groups excluding carboxylic acids is 1. The molecule has 6 heteroatoms. The lowest BCUT2D eigenvalue weighted by Crippen LogP contribution is -2.39. The molecule has 0 bridgehead atoms. The Hall–Kier alpha value is -1.43. The Morgan fingerprint density at radius 1 is 1.43 bits per heavy atom. The van der Waals surface area contributed by atoms with Crippen molar-refractivity contribution in [2.24, 2.45) is 11.7 Å². The number of rotatable bonds is 8. The third-order valence-electron chi connectivity index (χ3n) is 4.09. The largest absolute Gasteiger partial charge is 0.353 e. The van der Waals surface area contributed by atoms with E-state index in [0.717, 1.165) is 44.3 Å². The zero-order valence-corrected chi connectivity index (χ0v) is 12.8. The molecule has 1 aromatic heterocycles. The summed E-state index contributed by atoms with van der Waals surface area (Å²) in [6.07, 6.45) is 7.08. The molecule has 3 N–H and O–H groups in total. The molecule has 2 atom stereocenters. The molecule has 0 saturated heterocycles. The van der Waals surface area contributed by atoms with Crippen LogP contribution >= 0.6 is 0 Å². The molecular formula is C15H26N4O2. The van der Waals surface area contributed by atoms with E-state index in [1.54, 1.807) is 0 Å². The molecule has 0 aliphatic heterocycles. The summed E-state index contributed by atoms with van der Waals surface area (Å²) in [5.41, 5.74) is 5.72. The van der Waals surface area contributed by atoms with Crippen LogP contribution in [0.15, 0.2) is 4.52 Å². The summed E-state index contributed by atoms with van der Waals surface area (Å²) in [5, 5.41) is 7.01. The van der Waals surface area contributed by atoms with Gasteiger partial charge in [0, 0.05) is 25.3 Å². The first-order valence-electron chi connectivity index (χ1n) is 8.03. The van der Waals surface area contributed by atoms with E-state index in [9.17, 15) is 4.79 Å². The van der Waals surface area contributed by atoms with Crippen LogP contribution in [0, 0.1) is 5.92 Å². The molecule has 0 spiro atoms. The van der Waals surface area contributed by atoms with Gasteiger partial charge in [0.2, 0.25) is 11.8 Å². The van der Waals surface area contributed by atoms with Gasteiger partial charge in [0.25, 0.3) is 0 Å².